The number of rotatable bonds is 6. The molecule has 34 heavy (non-hydrogen) atoms. The number of nitrogens with zero attached hydrogens (tertiary/aromatic N) is 4. The van der Waals surface area contributed by atoms with E-state index in [2.05, 4.69) is 25.5 Å². The number of anilines is 4. The summed E-state index contributed by atoms with van der Waals surface area (Å²) in [6.07, 6.45) is 6.28. The van der Waals surface area contributed by atoms with E-state index in [1.165, 1.54) is 31.5 Å². The Morgan fingerprint density at radius 3 is 2.53 bits per heavy atom. The van der Waals surface area contributed by atoms with Crippen molar-refractivity contribution in [3.8, 4) is 0 Å². The van der Waals surface area contributed by atoms with Gasteiger partial charge >= 0.3 is 0 Å². The summed E-state index contributed by atoms with van der Waals surface area (Å²) in [5, 5.41) is 6.30. The summed E-state index contributed by atoms with van der Waals surface area (Å²) in [5.74, 6) is 0.783. The summed E-state index contributed by atoms with van der Waals surface area (Å²) >= 11 is 0. The summed E-state index contributed by atoms with van der Waals surface area (Å²) < 4.78 is 13.1. The number of amides is 1. The van der Waals surface area contributed by atoms with E-state index in [4.69, 9.17) is 0 Å². The van der Waals surface area contributed by atoms with E-state index in [1.807, 2.05) is 36.2 Å². The second-order valence-electron chi connectivity index (χ2n) is 9.03. The molecule has 2 aliphatic heterocycles. The summed E-state index contributed by atoms with van der Waals surface area (Å²) in [5.41, 5.74) is 2.20. The second-order valence-corrected chi connectivity index (χ2v) is 9.03. The lowest BCUT2D eigenvalue weighted by atomic mass is 9.96. The third-order valence-electron chi connectivity index (χ3n) is 6.82. The Morgan fingerprint density at radius 1 is 1.00 bits per heavy atom. The van der Waals surface area contributed by atoms with Crippen LogP contribution in [0.15, 0.2) is 60.8 Å². The first-order chi connectivity index (χ1) is 16.5. The summed E-state index contributed by atoms with van der Waals surface area (Å²) in [6.45, 7) is 2.29. The third kappa shape index (κ3) is 5.02. The number of piperidine rings is 1. The van der Waals surface area contributed by atoms with Crippen LogP contribution in [0.4, 0.5) is 27.5 Å². The molecule has 0 saturated carbocycles. The van der Waals surface area contributed by atoms with Crippen molar-refractivity contribution in [3.05, 3.63) is 72.2 Å². The highest BCUT2D eigenvalue weighted by molar-refractivity contribution is 5.94. The molecule has 3 heterocycles. The molecule has 2 atom stereocenters. The highest BCUT2D eigenvalue weighted by atomic mass is 19.1. The van der Waals surface area contributed by atoms with Crippen LogP contribution in [0.2, 0.25) is 0 Å². The van der Waals surface area contributed by atoms with Crippen LogP contribution in [0.25, 0.3) is 0 Å². The molecule has 176 valence electrons. The molecule has 2 N–H and O–H groups in total. The Bertz CT molecular complexity index is 1140. The van der Waals surface area contributed by atoms with Gasteiger partial charge in [0.1, 0.15) is 11.6 Å². The van der Waals surface area contributed by atoms with Crippen LogP contribution in [0.5, 0.6) is 0 Å². The first-order valence-electron chi connectivity index (χ1n) is 11.8. The minimum Gasteiger partial charge on any atom is -0.340 e. The minimum absolute atomic E-state index is 0.0599. The van der Waals surface area contributed by atoms with Gasteiger partial charge in [0.15, 0.2) is 0 Å². The summed E-state index contributed by atoms with van der Waals surface area (Å²) in [6, 6.07) is 16.2. The van der Waals surface area contributed by atoms with Gasteiger partial charge < -0.3 is 20.4 Å². The maximum atomic E-state index is 13.1. The monoisotopic (exact) mass is 460 g/mol. The SMILES string of the molecule is CN(C(=O)c1ccc(Nc2nccc(Nc3ccc(F)cc3)n2)cc1)C1CCN2CCCC2C1. The zero-order chi connectivity index (χ0) is 23.5. The molecule has 0 radical (unpaired) electrons. The van der Waals surface area contributed by atoms with Crippen LogP contribution in [0.3, 0.4) is 0 Å². The van der Waals surface area contributed by atoms with Gasteiger partial charge in [-0.25, -0.2) is 9.37 Å². The molecule has 7 nitrogen and oxygen atoms in total. The lowest BCUT2D eigenvalue weighted by Crippen LogP contribution is -2.48. The van der Waals surface area contributed by atoms with E-state index >= 15 is 0 Å². The minimum atomic E-state index is -0.289. The van der Waals surface area contributed by atoms with Gasteiger partial charge in [-0.05, 0) is 86.8 Å². The molecule has 0 aliphatic carbocycles. The first-order valence-corrected chi connectivity index (χ1v) is 11.8. The molecule has 5 rings (SSSR count). The van der Waals surface area contributed by atoms with Crippen molar-refractivity contribution in [2.75, 3.05) is 30.8 Å². The van der Waals surface area contributed by atoms with E-state index < -0.39 is 0 Å². The Kier molecular flexibility index (Phi) is 6.40. The zero-order valence-electron chi connectivity index (χ0n) is 19.2. The number of benzene rings is 2. The maximum absolute atomic E-state index is 13.1. The summed E-state index contributed by atoms with van der Waals surface area (Å²) in [7, 11) is 1.93. The van der Waals surface area contributed by atoms with Crippen molar-refractivity contribution >= 4 is 29.0 Å². The van der Waals surface area contributed by atoms with Crippen LogP contribution in [-0.4, -0.2) is 57.9 Å². The molecule has 2 saturated heterocycles. The number of carbonyl (C=O) groups excluding carboxylic acids is 1. The van der Waals surface area contributed by atoms with Crippen molar-refractivity contribution in [1.82, 2.24) is 19.8 Å². The normalized spacial score (nSPS) is 19.9. The first kappa shape index (κ1) is 22.3. The molecule has 2 fully saturated rings. The van der Waals surface area contributed by atoms with E-state index in [0.29, 0.717) is 29.4 Å². The smallest absolute Gasteiger partial charge is 0.253 e. The zero-order valence-corrected chi connectivity index (χ0v) is 19.2. The van der Waals surface area contributed by atoms with Gasteiger partial charge in [-0.1, -0.05) is 0 Å². The molecular weight excluding hydrogens is 431 g/mol. The fraction of sp³-hybridized carbons (Fsp3) is 0.346. The number of aromatic nitrogens is 2. The van der Waals surface area contributed by atoms with Crippen LogP contribution in [0.1, 0.15) is 36.0 Å². The molecular formula is C26H29FN6O. The number of hydrogen-bond acceptors (Lipinski definition) is 6. The van der Waals surface area contributed by atoms with Gasteiger partial charge in [-0.15, -0.1) is 0 Å². The molecule has 1 aromatic heterocycles. The quantitative estimate of drug-likeness (QED) is 0.550. The van der Waals surface area contributed by atoms with Crippen molar-refractivity contribution < 1.29 is 9.18 Å². The predicted octanol–water partition coefficient (Wildman–Crippen LogP) is 4.80. The molecule has 2 unspecified atom stereocenters. The topological polar surface area (TPSA) is 73.4 Å². The van der Waals surface area contributed by atoms with E-state index in [9.17, 15) is 9.18 Å². The molecule has 2 aliphatic rings. The number of fused-ring (bicyclic) bond motifs is 1. The average molecular weight is 461 g/mol. The van der Waals surface area contributed by atoms with Crippen LogP contribution in [-0.2, 0) is 0 Å². The van der Waals surface area contributed by atoms with Gasteiger partial charge in [-0.3, -0.25) is 4.79 Å². The van der Waals surface area contributed by atoms with E-state index in [-0.39, 0.29) is 11.7 Å². The van der Waals surface area contributed by atoms with Crippen molar-refractivity contribution in [3.63, 3.8) is 0 Å². The van der Waals surface area contributed by atoms with Gasteiger partial charge in [0.25, 0.3) is 5.91 Å². The van der Waals surface area contributed by atoms with Crippen LogP contribution >= 0.6 is 0 Å². The standard InChI is InChI=1S/C26H29FN6O/c1-32(22-13-16-33-15-2-3-23(33)17-22)25(34)18-4-8-21(9-5-18)30-26-28-14-12-24(31-26)29-20-10-6-19(27)7-11-20/h4-12,14,22-23H,2-3,13,15-17H2,1H3,(H2,28,29,30,31). The van der Waals surface area contributed by atoms with Crippen molar-refractivity contribution in [1.29, 1.82) is 0 Å². The molecule has 3 aromatic rings. The molecule has 1 amide bonds. The average Bonchev–Trinajstić information content (AvgIpc) is 3.33. The van der Waals surface area contributed by atoms with Crippen LogP contribution in [0, 0.1) is 5.82 Å². The Balaban J connectivity index is 1.20. The van der Waals surface area contributed by atoms with Gasteiger partial charge in [0.2, 0.25) is 5.95 Å². The largest absolute Gasteiger partial charge is 0.340 e. The van der Waals surface area contributed by atoms with Gasteiger partial charge in [0.05, 0.1) is 0 Å². The Morgan fingerprint density at radius 2 is 1.74 bits per heavy atom. The lowest BCUT2D eigenvalue weighted by molar-refractivity contribution is 0.0598. The number of hydrogen-bond donors (Lipinski definition) is 2. The van der Waals surface area contributed by atoms with Crippen molar-refractivity contribution in [2.24, 2.45) is 0 Å². The number of halogens is 1. The van der Waals surface area contributed by atoms with E-state index in [1.54, 1.807) is 24.4 Å². The highest BCUT2D eigenvalue weighted by Gasteiger charge is 2.34. The number of nitrogens with one attached hydrogen (secondary N) is 2. The second kappa shape index (κ2) is 9.77. The fourth-order valence-electron chi connectivity index (χ4n) is 4.92. The Hall–Kier alpha value is -3.52. The van der Waals surface area contributed by atoms with Crippen molar-refractivity contribution in [2.45, 2.75) is 37.8 Å². The molecule has 8 heteroatoms. The molecule has 0 spiro atoms. The van der Waals surface area contributed by atoms with Gasteiger partial charge in [-0.2, -0.15) is 4.98 Å². The van der Waals surface area contributed by atoms with Gasteiger partial charge in [0, 0.05) is 48.8 Å². The predicted molar refractivity (Wildman–Crippen MR) is 131 cm³/mol. The maximum Gasteiger partial charge on any atom is 0.253 e. The molecule has 0 bridgehead atoms. The molecule has 2 aromatic carbocycles. The van der Waals surface area contributed by atoms with Crippen LogP contribution < -0.4 is 10.6 Å². The number of carbonyl (C=O) groups is 1. The third-order valence-corrected chi connectivity index (χ3v) is 6.82. The Labute approximate surface area is 199 Å². The highest BCUT2D eigenvalue weighted by Crippen LogP contribution is 2.29. The fourth-order valence-corrected chi connectivity index (χ4v) is 4.92. The van der Waals surface area contributed by atoms with E-state index in [0.717, 1.165) is 30.8 Å². The lowest BCUT2D eigenvalue weighted by Gasteiger charge is -2.39. The summed E-state index contributed by atoms with van der Waals surface area (Å²) in [4.78, 5) is 26.3.